The van der Waals surface area contributed by atoms with Crippen molar-refractivity contribution in [3.8, 4) is 11.1 Å². The molecule has 4 rings (SSSR count). The molecule has 32 heavy (non-hydrogen) atoms. The third-order valence-electron chi connectivity index (χ3n) is 5.33. The summed E-state index contributed by atoms with van der Waals surface area (Å²) in [7, 11) is 0. The van der Waals surface area contributed by atoms with Crippen molar-refractivity contribution in [1.29, 1.82) is 0 Å². The topological polar surface area (TPSA) is 91.2 Å². The van der Waals surface area contributed by atoms with Gasteiger partial charge in [-0.05, 0) is 62.6 Å². The number of anilines is 2. The number of benzene rings is 2. The number of fused-ring (bicyclic) bond motifs is 1. The van der Waals surface area contributed by atoms with E-state index >= 15 is 0 Å². The van der Waals surface area contributed by atoms with Gasteiger partial charge in [0, 0.05) is 29.0 Å². The average Bonchev–Trinajstić information content (AvgIpc) is 2.77. The molecule has 2 heterocycles. The number of nitrogens with zero attached hydrogens (tertiary/aromatic N) is 3. The van der Waals surface area contributed by atoms with Crippen LogP contribution in [0.25, 0.3) is 22.0 Å². The van der Waals surface area contributed by atoms with Gasteiger partial charge in [-0.25, -0.2) is 15.0 Å². The van der Waals surface area contributed by atoms with Crippen molar-refractivity contribution in [3.63, 3.8) is 0 Å². The predicted octanol–water partition coefficient (Wildman–Crippen LogP) is 5.43. The van der Waals surface area contributed by atoms with E-state index in [0.29, 0.717) is 27.7 Å². The summed E-state index contributed by atoms with van der Waals surface area (Å²) in [6, 6.07) is 12.0. The van der Waals surface area contributed by atoms with Gasteiger partial charge >= 0.3 is 0 Å². The van der Waals surface area contributed by atoms with E-state index < -0.39 is 5.60 Å². The molecule has 0 saturated carbocycles. The number of aryl methyl sites for hydroxylation is 2. The van der Waals surface area contributed by atoms with Crippen molar-refractivity contribution in [3.05, 3.63) is 76.5 Å². The zero-order chi connectivity index (χ0) is 23.0. The molecule has 3 N–H and O–H groups in total. The van der Waals surface area contributed by atoms with E-state index in [1.165, 1.54) is 0 Å². The van der Waals surface area contributed by atoms with Crippen LogP contribution in [0.4, 0.5) is 11.4 Å². The maximum Gasteiger partial charge on any atom is 0.159 e. The van der Waals surface area contributed by atoms with E-state index in [0.717, 1.165) is 33.3 Å². The highest BCUT2D eigenvalue weighted by Gasteiger charge is 2.20. The minimum Gasteiger partial charge on any atom is -0.390 e. The van der Waals surface area contributed by atoms with Gasteiger partial charge in [-0.1, -0.05) is 29.8 Å². The summed E-state index contributed by atoms with van der Waals surface area (Å²) in [5.41, 5.74) is 5.54. The minimum absolute atomic E-state index is 0.260. The molecule has 0 atom stereocenters. The second kappa shape index (κ2) is 8.47. The van der Waals surface area contributed by atoms with Crippen LogP contribution in [0.1, 0.15) is 36.5 Å². The van der Waals surface area contributed by atoms with Crippen LogP contribution in [0.5, 0.6) is 0 Å². The first-order valence-electron chi connectivity index (χ1n) is 10.3. The maximum absolute atomic E-state index is 10.1. The van der Waals surface area contributed by atoms with Crippen LogP contribution in [0, 0.1) is 13.8 Å². The molecule has 0 amide bonds. The Morgan fingerprint density at radius 2 is 1.72 bits per heavy atom. The van der Waals surface area contributed by atoms with Gasteiger partial charge in [-0.15, -0.1) is 0 Å². The average molecular weight is 449 g/mol. The molecule has 0 fully saturated rings. The lowest BCUT2D eigenvalue weighted by atomic mass is 10.0. The maximum atomic E-state index is 10.1. The summed E-state index contributed by atoms with van der Waals surface area (Å²) in [6.45, 7) is 7.10. The molecule has 0 spiro atoms. The zero-order valence-electron chi connectivity index (χ0n) is 18.4. The summed E-state index contributed by atoms with van der Waals surface area (Å²) < 4.78 is 0. The fourth-order valence-corrected chi connectivity index (χ4v) is 3.75. The van der Waals surface area contributed by atoms with Crippen LogP contribution in [0.15, 0.2) is 48.8 Å². The number of halogens is 1. The standard InChI is InChI=1S/C25H25ClN4O2/c1-14-5-6-15(2)20(9-14)30-23-18-10-16(7-8-19(18)29-21(13-31)22(23)26)17-11-27-24(28-12-17)25(3,4)32/h5-12,31-32H,13H2,1-4H3,(H,29,30). The molecule has 2 aromatic heterocycles. The van der Waals surface area contributed by atoms with E-state index in [2.05, 4.69) is 38.5 Å². The Labute approximate surface area is 192 Å². The summed E-state index contributed by atoms with van der Waals surface area (Å²) in [5, 5.41) is 24.6. The number of pyridine rings is 1. The molecule has 2 aromatic carbocycles. The van der Waals surface area contributed by atoms with Gasteiger partial charge in [-0.2, -0.15) is 0 Å². The van der Waals surface area contributed by atoms with Crippen LogP contribution in [-0.2, 0) is 12.2 Å². The molecule has 164 valence electrons. The Morgan fingerprint density at radius 1 is 1.00 bits per heavy atom. The fourth-order valence-electron chi connectivity index (χ4n) is 3.50. The third-order valence-corrected chi connectivity index (χ3v) is 5.74. The van der Waals surface area contributed by atoms with Crippen molar-refractivity contribution < 1.29 is 10.2 Å². The van der Waals surface area contributed by atoms with Crippen molar-refractivity contribution in [1.82, 2.24) is 15.0 Å². The van der Waals surface area contributed by atoms with E-state index in [1.54, 1.807) is 26.2 Å². The summed E-state index contributed by atoms with van der Waals surface area (Å²) >= 11 is 6.66. The highest BCUT2D eigenvalue weighted by molar-refractivity contribution is 6.35. The van der Waals surface area contributed by atoms with Gasteiger partial charge < -0.3 is 15.5 Å². The molecule has 0 unspecified atom stereocenters. The van der Waals surface area contributed by atoms with Gasteiger partial charge in [0.15, 0.2) is 5.82 Å². The molecule has 0 aliphatic rings. The number of aliphatic hydroxyl groups is 2. The number of aromatic nitrogens is 3. The van der Waals surface area contributed by atoms with E-state index in [-0.39, 0.29) is 6.61 Å². The van der Waals surface area contributed by atoms with E-state index in [9.17, 15) is 10.2 Å². The molecular formula is C25H25ClN4O2. The third kappa shape index (κ3) is 4.30. The lowest BCUT2D eigenvalue weighted by molar-refractivity contribution is 0.0687. The summed E-state index contributed by atoms with van der Waals surface area (Å²) in [4.78, 5) is 13.2. The number of nitrogens with one attached hydrogen (secondary N) is 1. The molecular weight excluding hydrogens is 424 g/mol. The van der Waals surface area contributed by atoms with Crippen LogP contribution in [0.3, 0.4) is 0 Å². The molecule has 0 radical (unpaired) electrons. The Morgan fingerprint density at radius 3 is 2.38 bits per heavy atom. The molecule has 6 nitrogen and oxygen atoms in total. The lowest BCUT2D eigenvalue weighted by Crippen LogP contribution is -2.19. The molecule has 7 heteroatoms. The predicted molar refractivity (Wildman–Crippen MR) is 128 cm³/mol. The van der Waals surface area contributed by atoms with Crippen molar-refractivity contribution in [2.45, 2.75) is 39.9 Å². The Hall–Kier alpha value is -3.06. The van der Waals surface area contributed by atoms with Gasteiger partial charge in [0.1, 0.15) is 5.60 Å². The number of rotatable bonds is 5. The molecule has 0 bridgehead atoms. The largest absolute Gasteiger partial charge is 0.390 e. The molecule has 0 aliphatic carbocycles. The van der Waals surface area contributed by atoms with Crippen LogP contribution < -0.4 is 5.32 Å². The first-order valence-corrected chi connectivity index (χ1v) is 10.7. The first-order chi connectivity index (χ1) is 15.2. The van der Waals surface area contributed by atoms with Crippen molar-refractivity contribution in [2.24, 2.45) is 0 Å². The highest BCUT2D eigenvalue weighted by atomic mass is 35.5. The Kier molecular flexibility index (Phi) is 5.86. The van der Waals surface area contributed by atoms with Crippen LogP contribution in [-0.4, -0.2) is 25.2 Å². The smallest absolute Gasteiger partial charge is 0.159 e. The quantitative estimate of drug-likeness (QED) is 0.377. The number of hydrogen-bond acceptors (Lipinski definition) is 6. The van der Waals surface area contributed by atoms with Gasteiger partial charge in [0.05, 0.1) is 28.5 Å². The Bertz CT molecular complexity index is 1300. The number of aliphatic hydroxyl groups excluding tert-OH is 1. The highest BCUT2D eigenvalue weighted by Crippen LogP contribution is 2.37. The Balaban J connectivity index is 1.86. The minimum atomic E-state index is -1.11. The van der Waals surface area contributed by atoms with Crippen LogP contribution in [0.2, 0.25) is 5.02 Å². The number of hydrogen-bond donors (Lipinski definition) is 3. The normalized spacial score (nSPS) is 11.7. The van der Waals surface area contributed by atoms with Gasteiger partial charge in [0.25, 0.3) is 0 Å². The van der Waals surface area contributed by atoms with Gasteiger partial charge in [0.2, 0.25) is 0 Å². The van der Waals surface area contributed by atoms with E-state index in [4.69, 9.17) is 11.6 Å². The van der Waals surface area contributed by atoms with E-state index in [1.807, 2.05) is 32.0 Å². The summed E-state index contributed by atoms with van der Waals surface area (Å²) in [6.07, 6.45) is 3.38. The molecule has 0 saturated heterocycles. The fraction of sp³-hybridized carbons (Fsp3) is 0.240. The first kappa shape index (κ1) is 22.1. The zero-order valence-corrected chi connectivity index (χ0v) is 19.2. The van der Waals surface area contributed by atoms with Gasteiger partial charge in [-0.3, -0.25) is 0 Å². The van der Waals surface area contributed by atoms with Crippen LogP contribution >= 0.6 is 11.6 Å². The monoisotopic (exact) mass is 448 g/mol. The second-order valence-electron chi connectivity index (χ2n) is 8.44. The SMILES string of the molecule is Cc1ccc(C)c(Nc2c(Cl)c(CO)nc3ccc(-c4cnc(C(C)(C)O)nc4)cc23)c1. The second-order valence-corrected chi connectivity index (χ2v) is 8.81. The van der Waals surface area contributed by atoms with Crippen molar-refractivity contribution in [2.75, 3.05) is 5.32 Å². The van der Waals surface area contributed by atoms with Crippen molar-refractivity contribution >= 4 is 33.9 Å². The lowest BCUT2D eigenvalue weighted by Gasteiger charge is -2.17. The molecule has 0 aliphatic heterocycles. The molecule has 4 aromatic rings. The summed E-state index contributed by atoms with van der Waals surface area (Å²) in [5.74, 6) is 0.358.